The third-order valence-electron chi connectivity index (χ3n) is 4.06. The van der Waals surface area contributed by atoms with Gasteiger partial charge in [-0.2, -0.15) is 0 Å². The van der Waals surface area contributed by atoms with E-state index in [4.69, 9.17) is 0 Å². The number of rotatable bonds is 4. The normalized spacial score (nSPS) is 10.7. The van der Waals surface area contributed by atoms with E-state index in [1.165, 1.54) is 31.8 Å². The zero-order chi connectivity index (χ0) is 16.2. The topological polar surface area (TPSA) is 12.0 Å². The lowest BCUT2D eigenvalue weighted by atomic mass is 10.1. The van der Waals surface area contributed by atoms with Crippen molar-refractivity contribution >= 4 is 27.1 Å². The summed E-state index contributed by atoms with van der Waals surface area (Å²) in [5, 5.41) is 4.90. The molecule has 1 heterocycles. The predicted octanol–water partition coefficient (Wildman–Crippen LogP) is 6.46. The average molecular weight is 328 g/mol. The molecule has 0 aliphatic rings. The molecule has 1 N–H and O–H groups in total. The summed E-state index contributed by atoms with van der Waals surface area (Å²) < 4.78 is 1.30. The number of fused-ring (bicyclic) bond motifs is 1. The van der Waals surface area contributed by atoms with Crippen molar-refractivity contribution in [2.75, 3.05) is 5.32 Å². The Morgan fingerprint density at radius 2 is 1.38 bits per heavy atom. The molecule has 0 atom stereocenters. The van der Waals surface area contributed by atoms with Crippen molar-refractivity contribution in [3.05, 3.63) is 96.6 Å². The highest BCUT2D eigenvalue weighted by Gasteiger charge is 2.17. The van der Waals surface area contributed by atoms with E-state index in [-0.39, 0.29) is 0 Å². The van der Waals surface area contributed by atoms with Crippen LogP contribution in [-0.4, -0.2) is 0 Å². The highest BCUT2D eigenvalue weighted by atomic mass is 32.1. The van der Waals surface area contributed by atoms with Gasteiger partial charge in [-0.3, -0.25) is 0 Å². The van der Waals surface area contributed by atoms with E-state index in [1.54, 1.807) is 0 Å². The molecule has 0 bridgehead atoms. The first-order valence-corrected chi connectivity index (χ1v) is 8.91. The van der Waals surface area contributed by atoms with Crippen LogP contribution < -0.4 is 5.32 Å². The molecule has 1 aromatic heterocycles. The highest BCUT2D eigenvalue weighted by molar-refractivity contribution is 7.21. The fourth-order valence-electron chi connectivity index (χ4n) is 2.82. The summed E-state index contributed by atoms with van der Waals surface area (Å²) in [7, 11) is 0. The minimum Gasteiger partial charge on any atom is -0.380 e. The number of hydrogen-bond acceptors (Lipinski definition) is 1. The van der Waals surface area contributed by atoms with Crippen molar-refractivity contribution in [3.63, 3.8) is 0 Å². The van der Waals surface area contributed by atoms with Gasteiger partial charge in [-0.05, 0) is 23.8 Å². The molecule has 0 spiro atoms. The molecule has 0 aliphatic carbocycles. The van der Waals surface area contributed by atoms with E-state index in [1.807, 2.05) is 11.3 Å². The molecule has 1 nitrogen and oxygen atoms in total. The van der Waals surface area contributed by atoms with E-state index >= 15 is 0 Å². The van der Waals surface area contributed by atoms with Gasteiger partial charge in [-0.1, -0.05) is 60.7 Å². The van der Waals surface area contributed by atoms with Gasteiger partial charge in [0.2, 0.25) is 20.9 Å². The van der Waals surface area contributed by atoms with Gasteiger partial charge in [0, 0.05) is 24.2 Å². The summed E-state index contributed by atoms with van der Waals surface area (Å²) in [6.45, 7) is 0.827. The van der Waals surface area contributed by atoms with Crippen molar-refractivity contribution in [1.29, 1.82) is 0 Å². The molecular weight excluding hydrogens is 310 g/mol. The number of anilines is 1. The van der Waals surface area contributed by atoms with Crippen LogP contribution in [0.5, 0.6) is 0 Å². The predicted molar refractivity (Wildman–Crippen MR) is 105 cm³/mol. The van der Waals surface area contributed by atoms with Crippen molar-refractivity contribution in [2.45, 2.75) is 6.54 Å². The van der Waals surface area contributed by atoms with Crippen molar-refractivity contribution in [1.82, 2.24) is 0 Å². The van der Waals surface area contributed by atoms with E-state index in [9.17, 15) is 0 Å². The zero-order valence-corrected chi connectivity index (χ0v) is 14.1. The standard InChI is InChI=1S/C22H18NS/c1-3-9-17(10-4-1)16-23-20-15-22(18-11-5-2-6-12-18)24-21-14-8-7-13-19(20)21/h1-15,23H,16H2/q+1. The summed E-state index contributed by atoms with van der Waals surface area (Å²) in [6.07, 6.45) is 0. The smallest absolute Gasteiger partial charge is 0.240 e. The SMILES string of the molecule is c1ccc(CNc2cc(-c3ccccc3)[s+]c3ccccc23)cc1. The summed E-state index contributed by atoms with van der Waals surface area (Å²) in [5.41, 5.74) is 3.73. The fourth-order valence-corrected chi connectivity index (χ4v) is 3.92. The monoisotopic (exact) mass is 328 g/mol. The molecule has 24 heavy (non-hydrogen) atoms. The maximum atomic E-state index is 3.62. The van der Waals surface area contributed by atoms with Gasteiger partial charge in [0.15, 0.2) is 0 Å². The van der Waals surface area contributed by atoms with Crippen LogP contribution in [0.15, 0.2) is 91.0 Å². The number of benzene rings is 3. The lowest BCUT2D eigenvalue weighted by Gasteiger charge is -2.08. The first-order chi connectivity index (χ1) is 11.9. The largest absolute Gasteiger partial charge is 0.380 e. The molecule has 0 fully saturated rings. The second kappa shape index (κ2) is 6.81. The van der Waals surface area contributed by atoms with Gasteiger partial charge in [-0.15, -0.1) is 0 Å². The third kappa shape index (κ3) is 3.15. The van der Waals surface area contributed by atoms with E-state index < -0.39 is 0 Å². The molecule has 3 aromatic carbocycles. The summed E-state index contributed by atoms with van der Waals surface area (Å²) >= 11 is 1.84. The second-order valence-corrected chi connectivity index (χ2v) is 6.81. The minimum absolute atomic E-state index is 0.827. The van der Waals surface area contributed by atoms with Crippen molar-refractivity contribution in [2.24, 2.45) is 0 Å². The molecule has 0 unspecified atom stereocenters. The van der Waals surface area contributed by atoms with E-state index in [0.717, 1.165) is 6.54 Å². The lowest BCUT2D eigenvalue weighted by Crippen LogP contribution is -1.99. The van der Waals surface area contributed by atoms with Crippen LogP contribution in [-0.2, 0) is 6.54 Å². The first kappa shape index (κ1) is 14.9. The molecule has 0 aliphatic heterocycles. The molecule has 0 saturated heterocycles. The van der Waals surface area contributed by atoms with Gasteiger partial charge in [0.05, 0.1) is 11.1 Å². The Morgan fingerprint density at radius 3 is 2.17 bits per heavy atom. The zero-order valence-electron chi connectivity index (χ0n) is 13.3. The van der Waals surface area contributed by atoms with Crippen LogP contribution in [0.1, 0.15) is 5.56 Å². The summed E-state index contributed by atoms with van der Waals surface area (Å²) in [4.78, 5) is 1.28. The van der Waals surface area contributed by atoms with Crippen molar-refractivity contribution in [3.8, 4) is 10.4 Å². The first-order valence-electron chi connectivity index (χ1n) is 8.09. The Morgan fingerprint density at radius 1 is 0.708 bits per heavy atom. The maximum absolute atomic E-state index is 3.62. The van der Waals surface area contributed by atoms with E-state index in [0.29, 0.717) is 0 Å². The fraction of sp³-hybridized carbons (Fsp3) is 0.0455. The van der Waals surface area contributed by atoms with Gasteiger partial charge in [0.1, 0.15) is 0 Å². The molecular formula is C22H18NS+. The van der Waals surface area contributed by atoms with Crippen molar-refractivity contribution < 1.29 is 0 Å². The van der Waals surface area contributed by atoms with Gasteiger partial charge >= 0.3 is 0 Å². The van der Waals surface area contributed by atoms with Gasteiger partial charge < -0.3 is 5.32 Å². The molecule has 4 aromatic rings. The van der Waals surface area contributed by atoms with Crippen LogP contribution in [0, 0.1) is 0 Å². The van der Waals surface area contributed by atoms with Crippen LogP contribution in [0.4, 0.5) is 5.69 Å². The summed E-state index contributed by atoms with van der Waals surface area (Å²) in [6, 6.07) is 32.0. The molecule has 2 heteroatoms. The van der Waals surface area contributed by atoms with Gasteiger partial charge in [0.25, 0.3) is 0 Å². The average Bonchev–Trinajstić information content (AvgIpc) is 2.67. The van der Waals surface area contributed by atoms with Crippen LogP contribution >= 0.6 is 11.3 Å². The molecule has 0 radical (unpaired) electrons. The van der Waals surface area contributed by atoms with Crippen LogP contribution in [0.3, 0.4) is 0 Å². The summed E-state index contributed by atoms with van der Waals surface area (Å²) in [5.74, 6) is 0. The Bertz CT molecular complexity index is 949. The van der Waals surface area contributed by atoms with E-state index in [2.05, 4.69) is 96.3 Å². The molecule has 116 valence electrons. The lowest BCUT2D eigenvalue weighted by molar-refractivity contribution is 1.16. The maximum Gasteiger partial charge on any atom is 0.240 e. The number of nitrogens with one attached hydrogen (secondary N) is 1. The van der Waals surface area contributed by atoms with Gasteiger partial charge in [-0.25, -0.2) is 0 Å². The molecule has 0 saturated carbocycles. The Labute approximate surface area is 146 Å². The highest BCUT2D eigenvalue weighted by Crippen LogP contribution is 2.35. The second-order valence-electron chi connectivity index (χ2n) is 5.73. The van der Waals surface area contributed by atoms with Crippen LogP contribution in [0.25, 0.3) is 20.5 Å². The minimum atomic E-state index is 0.827. The molecule has 4 rings (SSSR count). The van der Waals surface area contributed by atoms with Crippen LogP contribution in [0.2, 0.25) is 0 Å². The Kier molecular flexibility index (Phi) is 4.22. The molecule has 0 amide bonds. The Balaban J connectivity index is 1.75. The quantitative estimate of drug-likeness (QED) is 0.424. The third-order valence-corrected chi connectivity index (χ3v) is 5.21. The number of hydrogen-bond donors (Lipinski definition) is 1. The Hall–Kier alpha value is -2.71.